The Morgan fingerprint density at radius 2 is 1.59 bits per heavy atom. The van der Waals surface area contributed by atoms with Crippen LogP contribution in [-0.4, -0.2) is 36.1 Å². The van der Waals surface area contributed by atoms with Gasteiger partial charge in [-0.15, -0.1) is 11.8 Å². The maximum Gasteiger partial charge on any atom is 0.316 e. The summed E-state index contributed by atoms with van der Waals surface area (Å²) in [5, 5.41) is 4.86. The number of hydrogen-bond donors (Lipinski definition) is 1. The molecule has 0 atom stereocenters. The number of fused-ring (bicyclic) bond motifs is 2. The van der Waals surface area contributed by atoms with Crippen molar-refractivity contribution in [2.45, 2.75) is 49.5 Å². The second kappa shape index (κ2) is 10.0. The van der Waals surface area contributed by atoms with Gasteiger partial charge in [0.1, 0.15) is 0 Å². The first kappa shape index (κ1) is 22.7. The van der Waals surface area contributed by atoms with Gasteiger partial charge in [0.2, 0.25) is 0 Å². The smallest absolute Gasteiger partial charge is 0.316 e. The third-order valence-corrected chi connectivity index (χ3v) is 7.68. The first-order valence-corrected chi connectivity index (χ1v) is 12.9. The summed E-state index contributed by atoms with van der Waals surface area (Å²) in [6.07, 6.45) is 6.69. The van der Waals surface area contributed by atoms with Crippen LogP contribution in [0.5, 0.6) is 0 Å². The number of ketones is 1. The van der Waals surface area contributed by atoms with Crippen molar-refractivity contribution in [3.63, 3.8) is 0 Å². The van der Waals surface area contributed by atoms with Crippen molar-refractivity contribution in [1.82, 2.24) is 5.32 Å². The predicted molar refractivity (Wildman–Crippen MR) is 134 cm³/mol. The van der Waals surface area contributed by atoms with Crippen LogP contribution < -0.4 is 5.32 Å². The number of thioether (sulfide) groups is 1. The van der Waals surface area contributed by atoms with E-state index in [1.165, 1.54) is 24.6 Å². The first-order valence-electron chi connectivity index (χ1n) is 11.9. The van der Waals surface area contributed by atoms with Crippen LogP contribution in [0.15, 0.2) is 59.5 Å². The second-order valence-electron chi connectivity index (χ2n) is 8.92. The predicted octanol–water partition coefficient (Wildman–Crippen LogP) is 5.53. The molecule has 1 N–H and O–H groups in total. The second-order valence-corrected chi connectivity index (χ2v) is 9.94. The molecule has 0 heterocycles. The summed E-state index contributed by atoms with van der Waals surface area (Å²) in [5.74, 6) is -0.540. The summed E-state index contributed by atoms with van der Waals surface area (Å²) in [6, 6.07) is 17.6. The Kier molecular flexibility index (Phi) is 6.68. The van der Waals surface area contributed by atoms with Gasteiger partial charge >= 0.3 is 5.97 Å². The highest BCUT2D eigenvalue weighted by molar-refractivity contribution is 8.00. The number of carbonyl (C=O) groups excluding carboxylic acids is 3. The Balaban J connectivity index is 1.25. The minimum atomic E-state index is -0.428. The summed E-state index contributed by atoms with van der Waals surface area (Å²) < 4.78 is 5.23. The molecule has 0 saturated heterocycles. The quantitative estimate of drug-likeness (QED) is 0.227. The lowest BCUT2D eigenvalue weighted by Crippen LogP contribution is -2.37. The Labute approximate surface area is 203 Å². The molecule has 3 aromatic carbocycles. The van der Waals surface area contributed by atoms with E-state index in [-0.39, 0.29) is 30.1 Å². The van der Waals surface area contributed by atoms with Crippen LogP contribution in [0, 0.1) is 0 Å². The van der Waals surface area contributed by atoms with Crippen LogP contribution >= 0.6 is 11.8 Å². The standard InChI is InChI=1S/C28H27NO4S/c30-25(29-18-8-3-1-2-4-9-18)16-33-26(31)17-34-24-15-14-20-19-10-5-6-11-21(19)28(32)23-13-7-12-22(24)27(20)23/h5-7,10-15,18H,1-4,8-9,16-17H2,(H,29,30). The Morgan fingerprint density at radius 3 is 2.38 bits per heavy atom. The number of ether oxygens (including phenoxy) is 1. The molecule has 6 heteroatoms. The van der Waals surface area contributed by atoms with Crippen molar-refractivity contribution in [2.24, 2.45) is 0 Å². The molecule has 1 fully saturated rings. The number of carbonyl (C=O) groups is 3. The highest BCUT2D eigenvalue weighted by Gasteiger charge is 2.25. The summed E-state index contributed by atoms with van der Waals surface area (Å²) in [6.45, 7) is -0.245. The summed E-state index contributed by atoms with van der Waals surface area (Å²) in [7, 11) is 0. The van der Waals surface area contributed by atoms with Gasteiger partial charge < -0.3 is 10.1 Å². The number of esters is 1. The van der Waals surface area contributed by atoms with E-state index < -0.39 is 5.97 Å². The fourth-order valence-electron chi connectivity index (χ4n) is 5.00. The lowest BCUT2D eigenvalue weighted by molar-refractivity contribution is -0.146. The minimum Gasteiger partial charge on any atom is -0.455 e. The van der Waals surface area contributed by atoms with Crippen LogP contribution in [0.25, 0.3) is 21.9 Å². The molecule has 0 aliphatic heterocycles. The average molecular weight is 474 g/mol. The zero-order valence-corrected chi connectivity index (χ0v) is 19.8. The van der Waals surface area contributed by atoms with Gasteiger partial charge in [0.05, 0.1) is 5.75 Å². The van der Waals surface area contributed by atoms with E-state index in [1.54, 1.807) is 0 Å². The molecule has 2 aliphatic rings. The molecular weight excluding hydrogens is 446 g/mol. The molecule has 0 spiro atoms. The number of amides is 1. The Hall–Kier alpha value is -3.12. The molecule has 34 heavy (non-hydrogen) atoms. The normalized spacial score (nSPS) is 15.5. The van der Waals surface area contributed by atoms with E-state index in [0.717, 1.165) is 52.5 Å². The lowest BCUT2D eigenvalue weighted by Gasteiger charge is -2.21. The molecule has 0 radical (unpaired) electrons. The van der Waals surface area contributed by atoms with Gasteiger partial charge in [-0.25, -0.2) is 0 Å². The van der Waals surface area contributed by atoms with Gasteiger partial charge in [-0.1, -0.05) is 74.2 Å². The van der Waals surface area contributed by atoms with Crippen LogP contribution in [-0.2, 0) is 14.3 Å². The van der Waals surface area contributed by atoms with Crippen LogP contribution in [0.2, 0.25) is 0 Å². The van der Waals surface area contributed by atoms with Crippen molar-refractivity contribution < 1.29 is 19.1 Å². The molecule has 0 unspecified atom stereocenters. The number of rotatable bonds is 6. The number of benzene rings is 3. The largest absolute Gasteiger partial charge is 0.455 e. The van der Waals surface area contributed by atoms with Crippen molar-refractivity contribution >= 4 is 40.2 Å². The van der Waals surface area contributed by atoms with E-state index in [9.17, 15) is 14.4 Å². The van der Waals surface area contributed by atoms with Gasteiger partial charge in [0, 0.05) is 27.5 Å². The SMILES string of the molecule is O=C(COC(=O)CSc1ccc2c3c(cccc13)C(=O)c1ccccc1-2)NC1CCCCCC1. The summed E-state index contributed by atoms with van der Waals surface area (Å²) >= 11 is 1.37. The van der Waals surface area contributed by atoms with E-state index in [1.807, 2.05) is 54.6 Å². The molecule has 0 bridgehead atoms. The molecule has 1 saturated carbocycles. The monoisotopic (exact) mass is 473 g/mol. The number of hydrogen-bond acceptors (Lipinski definition) is 5. The van der Waals surface area contributed by atoms with Crippen LogP contribution in [0.1, 0.15) is 54.4 Å². The minimum absolute atomic E-state index is 0.0231. The van der Waals surface area contributed by atoms with Crippen molar-refractivity contribution in [2.75, 3.05) is 12.4 Å². The third kappa shape index (κ3) is 4.60. The third-order valence-electron chi connectivity index (χ3n) is 6.64. The Bertz CT molecular complexity index is 1260. The molecule has 3 aromatic rings. The van der Waals surface area contributed by atoms with Gasteiger partial charge in [0.25, 0.3) is 5.91 Å². The number of nitrogens with one attached hydrogen (secondary N) is 1. The molecule has 5 rings (SSSR count). The Morgan fingerprint density at radius 1 is 0.853 bits per heavy atom. The molecule has 0 aromatic heterocycles. The zero-order chi connectivity index (χ0) is 23.5. The summed E-state index contributed by atoms with van der Waals surface area (Å²) in [5.41, 5.74) is 3.37. The lowest BCUT2D eigenvalue weighted by atomic mass is 9.83. The van der Waals surface area contributed by atoms with Crippen molar-refractivity contribution in [3.8, 4) is 11.1 Å². The van der Waals surface area contributed by atoms with Crippen LogP contribution in [0.3, 0.4) is 0 Å². The van der Waals surface area contributed by atoms with Crippen molar-refractivity contribution in [3.05, 3.63) is 65.7 Å². The maximum absolute atomic E-state index is 13.1. The average Bonchev–Trinajstić information content (AvgIpc) is 3.13. The van der Waals surface area contributed by atoms with E-state index in [4.69, 9.17) is 4.74 Å². The molecule has 174 valence electrons. The molecule has 2 aliphatic carbocycles. The highest BCUT2D eigenvalue weighted by Crippen LogP contribution is 2.42. The van der Waals surface area contributed by atoms with Gasteiger partial charge in [-0.3, -0.25) is 14.4 Å². The van der Waals surface area contributed by atoms with Crippen molar-refractivity contribution in [1.29, 1.82) is 0 Å². The van der Waals surface area contributed by atoms with Crippen LogP contribution in [0.4, 0.5) is 0 Å². The van der Waals surface area contributed by atoms with E-state index in [0.29, 0.717) is 11.1 Å². The van der Waals surface area contributed by atoms with Gasteiger partial charge in [0.15, 0.2) is 12.4 Å². The van der Waals surface area contributed by atoms with Gasteiger partial charge in [-0.2, -0.15) is 0 Å². The topological polar surface area (TPSA) is 72.5 Å². The first-order chi connectivity index (χ1) is 16.6. The molecular formula is C28H27NO4S. The molecule has 1 amide bonds. The van der Waals surface area contributed by atoms with E-state index >= 15 is 0 Å². The highest BCUT2D eigenvalue weighted by atomic mass is 32.2. The molecule has 5 nitrogen and oxygen atoms in total. The summed E-state index contributed by atoms with van der Waals surface area (Å²) in [4.78, 5) is 38.5. The fourth-order valence-corrected chi connectivity index (χ4v) is 5.84. The fraction of sp³-hybridized carbons (Fsp3) is 0.321. The van der Waals surface area contributed by atoms with E-state index in [2.05, 4.69) is 5.32 Å². The maximum atomic E-state index is 13.1. The zero-order valence-electron chi connectivity index (χ0n) is 19.0. The van der Waals surface area contributed by atoms with Gasteiger partial charge in [-0.05, 0) is 35.4 Å².